The predicted molar refractivity (Wildman–Crippen MR) is 60.4 cm³/mol. The molecule has 0 fully saturated rings. The maximum atomic E-state index is 11.0. The van der Waals surface area contributed by atoms with Crippen molar-refractivity contribution in [3.63, 3.8) is 0 Å². The summed E-state index contributed by atoms with van der Waals surface area (Å²) < 4.78 is 10.0. The fourth-order valence-corrected chi connectivity index (χ4v) is 0.903. The average Bonchev–Trinajstić information content (AvgIpc) is 2.12. The van der Waals surface area contributed by atoms with E-state index in [9.17, 15) is 4.79 Å². The molecule has 0 aliphatic carbocycles. The minimum Gasteiger partial charge on any atom is -0.501 e. The number of hydrogen-bond acceptors (Lipinski definition) is 3. The molecule has 0 aromatic heterocycles. The quantitative estimate of drug-likeness (QED) is 0.294. The lowest BCUT2D eigenvalue weighted by Gasteiger charge is -2.02. The summed E-state index contributed by atoms with van der Waals surface area (Å²) >= 11 is 0. The van der Waals surface area contributed by atoms with E-state index in [0.29, 0.717) is 13.2 Å². The highest BCUT2D eigenvalue weighted by atomic mass is 16.5. The lowest BCUT2D eigenvalue weighted by molar-refractivity contribution is -0.137. The van der Waals surface area contributed by atoms with Gasteiger partial charge in [-0.3, -0.25) is 0 Å². The minimum absolute atomic E-state index is 0.280. The van der Waals surface area contributed by atoms with Gasteiger partial charge in [0.15, 0.2) is 0 Å². The van der Waals surface area contributed by atoms with Crippen LogP contribution in [-0.4, -0.2) is 19.2 Å². The Morgan fingerprint density at radius 2 is 1.93 bits per heavy atom. The van der Waals surface area contributed by atoms with Crippen molar-refractivity contribution in [1.29, 1.82) is 0 Å². The zero-order valence-corrected chi connectivity index (χ0v) is 10.0. The van der Waals surface area contributed by atoms with Crippen LogP contribution >= 0.6 is 0 Å². The molecule has 86 valence electrons. The van der Waals surface area contributed by atoms with E-state index in [1.165, 1.54) is 6.08 Å². The second-order valence-electron chi connectivity index (χ2n) is 3.56. The first kappa shape index (κ1) is 13.8. The summed E-state index contributed by atoms with van der Waals surface area (Å²) in [5.74, 6) is -0.280. The predicted octanol–water partition coefficient (Wildman–Crippen LogP) is 2.83. The van der Waals surface area contributed by atoms with E-state index >= 15 is 0 Å². The monoisotopic (exact) mass is 212 g/mol. The third kappa shape index (κ3) is 9.06. The molecule has 0 unspecified atom stereocenters. The number of allylic oxidation sites excluding steroid dienone is 1. The van der Waals surface area contributed by atoms with Gasteiger partial charge in [0.25, 0.3) is 0 Å². The van der Waals surface area contributed by atoms with Gasteiger partial charge in [-0.1, -0.05) is 5.57 Å². The standard InChI is InChI=1S/C12H20O3/c1-5-15-12(13)8-11(4)6-7-14-9-10(2)3/h8-9H,5-7H2,1-4H3. The maximum Gasteiger partial charge on any atom is 0.330 e. The molecule has 0 aromatic rings. The fraction of sp³-hybridized carbons (Fsp3) is 0.583. The highest BCUT2D eigenvalue weighted by molar-refractivity contribution is 5.82. The van der Waals surface area contributed by atoms with Crippen LogP contribution in [0.5, 0.6) is 0 Å². The first-order chi connectivity index (χ1) is 7.06. The van der Waals surface area contributed by atoms with Crippen LogP contribution in [0.2, 0.25) is 0 Å². The summed E-state index contributed by atoms with van der Waals surface area (Å²) in [5.41, 5.74) is 2.10. The van der Waals surface area contributed by atoms with Crippen molar-refractivity contribution >= 4 is 5.97 Å². The van der Waals surface area contributed by atoms with Gasteiger partial charge < -0.3 is 9.47 Å². The molecule has 0 heterocycles. The minimum atomic E-state index is -0.280. The molecule has 0 saturated heterocycles. The van der Waals surface area contributed by atoms with E-state index in [4.69, 9.17) is 9.47 Å². The van der Waals surface area contributed by atoms with Gasteiger partial charge in [-0.05, 0) is 33.3 Å². The number of esters is 1. The van der Waals surface area contributed by atoms with Gasteiger partial charge in [-0.25, -0.2) is 4.79 Å². The van der Waals surface area contributed by atoms with Gasteiger partial charge in [-0.15, -0.1) is 0 Å². The Morgan fingerprint density at radius 3 is 2.47 bits per heavy atom. The van der Waals surface area contributed by atoms with Crippen molar-refractivity contribution in [2.75, 3.05) is 13.2 Å². The van der Waals surface area contributed by atoms with Crippen molar-refractivity contribution in [1.82, 2.24) is 0 Å². The Kier molecular flexibility index (Phi) is 7.42. The molecule has 0 amide bonds. The molecule has 0 rings (SSSR count). The SMILES string of the molecule is CCOC(=O)C=C(C)CCOC=C(C)C. The molecule has 3 heteroatoms. The van der Waals surface area contributed by atoms with Crippen molar-refractivity contribution in [2.24, 2.45) is 0 Å². The number of rotatable bonds is 6. The molecule has 0 aromatic carbocycles. The van der Waals surface area contributed by atoms with Crippen LogP contribution in [0.15, 0.2) is 23.5 Å². The van der Waals surface area contributed by atoms with E-state index in [2.05, 4.69) is 0 Å². The van der Waals surface area contributed by atoms with E-state index in [1.54, 1.807) is 13.2 Å². The molecule has 0 bridgehead atoms. The van der Waals surface area contributed by atoms with Gasteiger partial charge in [0.05, 0.1) is 19.5 Å². The smallest absolute Gasteiger partial charge is 0.330 e. The molecule has 3 nitrogen and oxygen atoms in total. The van der Waals surface area contributed by atoms with Crippen LogP contribution in [0.4, 0.5) is 0 Å². The lowest BCUT2D eigenvalue weighted by Crippen LogP contribution is -2.01. The number of carbonyl (C=O) groups is 1. The molecule has 0 radical (unpaired) electrons. The molecule has 0 aliphatic rings. The summed E-state index contributed by atoms with van der Waals surface area (Å²) in [6.07, 6.45) is 3.97. The van der Waals surface area contributed by atoms with Crippen LogP contribution in [0.1, 0.15) is 34.1 Å². The van der Waals surface area contributed by atoms with E-state index in [-0.39, 0.29) is 5.97 Å². The Hall–Kier alpha value is -1.25. The largest absolute Gasteiger partial charge is 0.501 e. The summed E-state index contributed by atoms with van der Waals surface area (Å²) in [6.45, 7) is 8.63. The molecule has 0 saturated carbocycles. The van der Waals surface area contributed by atoms with E-state index < -0.39 is 0 Å². The first-order valence-corrected chi connectivity index (χ1v) is 5.15. The van der Waals surface area contributed by atoms with Gasteiger partial charge in [0, 0.05) is 12.5 Å². The molecule has 0 N–H and O–H groups in total. The highest BCUT2D eigenvalue weighted by Crippen LogP contribution is 2.01. The van der Waals surface area contributed by atoms with Crippen LogP contribution < -0.4 is 0 Å². The first-order valence-electron chi connectivity index (χ1n) is 5.15. The average molecular weight is 212 g/mol. The van der Waals surface area contributed by atoms with Crippen LogP contribution in [0.25, 0.3) is 0 Å². The van der Waals surface area contributed by atoms with Crippen molar-refractivity contribution in [3.05, 3.63) is 23.5 Å². The van der Waals surface area contributed by atoms with Gasteiger partial charge in [-0.2, -0.15) is 0 Å². The number of hydrogen-bond donors (Lipinski definition) is 0. The molecule has 0 aliphatic heterocycles. The highest BCUT2D eigenvalue weighted by Gasteiger charge is 1.97. The topological polar surface area (TPSA) is 35.5 Å². The van der Waals surface area contributed by atoms with Crippen LogP contribution in [0.3, 0.4) is 0 Å². The Morgan fingerprint density at radius 1 is 1.27 bits per heavy atom. The van der Waals surface area contributed by atoms with Crippen LogP contribution in [0, 0.1) is 0 Å². The Balaban J connectivity index is 3.77. The number of carbonyl (C=O) groups excluding carboxylic acids is 1. The van der Waals surface area contributed by atoms with Crippen molar-refractivity contribution in [3.8, 4) is 0 Å². The summed E-state index contributed by atoms with van der Waals surface area (Å²) in [6, 6.07) is 0. The summed E-state index contributed by atoms with van der Waals surface area (Å²) in [4.78, 5) is 11.0. The third-order valence-corrected chi connectivity index (χ3v) is 1.58. The van der Waals surface area contributed by atoms with Gasteiger partial charge >= 0.3 is 5.97 Å². The molecule has 0 atom stereocenters. The lowest BCUT2D eigenvalue weighted by atomic mass is 10.2. The molecule has 0 spiro atoms. The Labute approximate surface area is 91.8 Å². The second-order valence-corrected chi connectivity index (χ2v) is 3.56. The zero-order valence-electron chi connectivity index (χ0n) is 10.0. The fourth-order valence-electron chi connectivity index (χ4n) is 0.903. The van der Waals surface area contributed by atoms with E-state index in [1.807, 2.05) is 20.8 Å². The zero-order chi connectivity index (χ0) is 11.7. The normalized spacial score (nSPS) is 10.8. The molecular weight excluding hydrogens is 192 g/mol. The van der Waals surface area contributed by atoms with E-state index in [0.717, 1.165) is 17.6 Å². The summed E-state index contributed by atoms with van der Waals surface area (Å²) in [7, 11) is 0. The second kappa shape index (κ2) is 8.09. The van der Waals surface area contributed by atoms with Crippen LogP contribution in [-0.2, 0) is 14.3 Å². The number of ether oxygens (including phenoxy) is 2. The summed E-state index contributed by atoms with van der Waals surface area (Å²) in [5, 5.41) is 0. The van der Waals surface area contributed by atoms with Crippen molar-refractivity contribution < 1.29 is 14.3 Å². The third-order valence-electron chi connectivity index (χ3n) is 1.58. The van der Waals surface area contributed by atoms with Gasteiger partial charge in [0.1, 0.15) is 0 Å². The molecule has 15 heavy (non-hydrogen) atoms. The Bertz CT molecular complexity index is 248. The molecular formula is C12H20O3. The van der Waals surface area contributed by atoms with Crippen molar-refractivity contribution in [2.45, 2.75) is 34.1 Å². The maximum absolute atomic E-state index is 11.0. The van der Waals surface area contributed by atoms with Gasteiger partial charge in [0.2, 0.25) is 0 Å².